The Labute approximate surface area is 96.8 Å². The van der Waals surface area contributed by atoms with Crippen molar-refractivity contribution in [2.75, 3.05) is 0 Å². The third kappa shape index (κ3) is 2.20. The molecule has 0 saturated heterocycles. The summed E-state index contributed by atoms with van der Waals surface area (Å²) < 4.78 is 25.6. The van der Waals surface area contributed by atoms with E-state index in [9.17, 15) is 13.6 Å². The molecule has 0 atom stereocenters. The van der Waals surface area contributed by atoms with Crippen LogP contribution in [0.4, 0.5) is 8.78 Å². The quantitative estimate of drug-likeness (QED) is 0.738. The van der Waals surface area contributed by atoms with E-state index in [1.165, 1.54) is 19.1 Å². The molecule has 1 aromatic rings. The van der Waals surface area contributed by atoms with Crippen LogP contribution in [0.2, 0.25) is 0 Å². The summed E-state index contributed by atoms with van der Waals surface area (Å²) in [5.41, 5.74) is 0.0844. The molecule has 5 heteroatoms. The molecular formula is C9H6Br2F2O. The first-order valence-electron chi connectivity index (χ1n) is 3.72. The average Bonchev–Trinajstić information content (AvgIpc) is 2.02. The number of rotatable bonds is 2. The average molecular weight is 328 g/mol. The molecule has 0 heterocycles. The fourth-order valence-electron chi connectivity index (χ4n) is 1.06. The van der Waals surface area contributed by atoms with Gasteiger partial charge in [-0.25, -0.2) is 8.78 Å². The van der Waals surface area contributed by atoms with Gasteiger partial charge in [-0.3, -0.25) is 4.79 Å². The molecule has 1 nitrogen and oxygen atoms in total. The first-order chi connectivity index (χ1) is 6.45. The number of benzene rings is 1. The van der Waals surface area contributed by atoms with Gasteiger partial charge in [0.2, 0.25) is 0 Å². The summed E-state index contributed by atoms with van der Waals surface area (Å²) in [5.74, 6) is -0.258. The molecule has 0 amide bonds. The number of Topliss-reactive ketones (excluding diaryl/α,β-unsaturated/α-hetero) is 1. The van der Waals surface area contributed by atoms with Crippen LogP contribution in [0, 0.1) is 0 Å². The summed E-state index contributed by atoms with van der Waals surface area (Å²) in [5, 5.41) is 0. The lowest BCUT2D eigenvalue weighted by atomic mass is 10.1. The van der Waals surface area contributed by atoms with Crippen molar-refractivity contribution in [2.24, 2.45) is 0 Å². The number of carbonyl (C=O) groups is 1. The van der Waals surface area contributed by atoms with Crippen LogP contribution in [0.3, 0.4) is 0 Å². The van der Waals surface area contributed by atoms with Crippen molar-refractivity contribution in [2.45, 2.75) is 13.3 Å². The Bertz CT molecular complexity index is 377. The van der Waals surface area contributed by atoms with Crippen molar-refractivity contribution in [3.63, 3.8) is 0 Å². The van der Waals surface area contributed by atoms with E-state index in [0.717, 1.165) is 0 Å². The highest BCUT2D eigenvalue weighted by Gasteiger charge is 2.18. The molecule has 0 N–H and O–H groups in total. The highest BCUT2D eigenvalue weighted by molar-refractivity contribution is 9.11. The van der Waals surface area contributed by atoms with Crippen molar-refractivity contribution >= 4 is 37.6 Å². The molecule has 1 rings (SSSR count). The van der Waals surface area contributed by atoms with Crippen molar-refractivity contribution < 1.29 is 13.6 Å². The summed E-state index contributed by atoms with van der Waals surface area (Å²) >= 11 is 6.14. The molecule has 0 bridgehead atoms. The maximum Gasteiger partial charge on any atom is 0.264 e. The van der Waals surface area contributed by atoms with Crippen molar-refractivity contribution in [3.8, 4) is 0 Å². The maximum atomic E-state index is 12.4. The number of halogens is 4. The Hall–Kier alpha value is -0.290. The molecule has 0 aromatic heterocycles. The van der Waals surface area contributed by atoms with E-state index in [0.29, 0.717) is 4.47 Å². The van der Waals surface area contributed by atoms with E-state index < -0.39 is 6.43 Å². The first kappa shape index (κ1) is 11.8. The highest BCUT2D eigenvalue weighted by Crippen LogP contribution is 2.34. The van der Waals surface area contributed by atoms with E-state index in [4.69, 9.17) is 0 Å². The number of carbonyl (C=O) groups excluding carboxylic acids is 1. The molecule has 0 fully saturated rings. The van der Waals surface area contributed by atoms with Gasteiger partial charge >= 0.3 is 0 Å². The largest absolute Gasteiger partial charge is 0.294 e. The van der Waals surface area contributed by atoms with Crippen molar-refractivity contribution in [1.82, 2.24) is 0 Å². The normalized spacial score (nSPS) is 10.7. The second-order valence-electron chi connectivity index (χ2n) is 2.68. The Balaban J connectivity index is 3.41. The topological polar surface area (TPSA) is 17.1 Å². The second-order valence-corrected chi connectivity index (χ2v) is 4.33. The van der Waals surface area contributed by atoms with Crippen LogP contribution in [0.25, 0.3) is 0 Å². The first-order valence-corrected chi connectivity index (χ1v) is 5.30. The van der Waals surface area contributed by atoms with Gasteiger partial charge in [-0.05, 0) is 28.9 Å². The standard InChI is InChI=1S/C9H6Br2F2O/c1-4(14)7-6(10)3-2-5(8(7)11)9(12)13/h2-3,9H,1H3. The van der Waals surface area contributed by atoms with Gasteiger partial charge in [0, 0.05) is 20.1 Å². The van der Waals surface area contributed by atoms with E-state index in [1.807, 2.05) is 0 Å². The third-order valence-electron chi connectivity index (χ3n) is 1.71. The fourth-order valence-corrected chi connectivity index (χ4v) is 2.73. The molecule has 0 aliphatic heterocycles. The summed E-state index contributed by atoms with van der Waals surface area (Å²) in [6.45, 7) is 1.33. The zero-order valence-electron chi connectivity index (χ0n) is 7.15. The van der Waals surface area contributed by atoms with Gasteiger partial charge < -0.3 is 0 Å². The molecule has 0 saturated carbocycles. The molecule has 0 aliphatic rings. The van der Waals surface area contributed by atoms with Crippen molar-refractivity contribution in [3.05, 3.63) is 32.2 Å². The Morgan fingerprint density at radius 3 is 2.36 bits per heavy atom. The van der Waals surface area contributed by atoms with Gasteiger partial charge in [0.25, 0.3) is 6.43 Å². The van der Waals surface area contributed by atoms with Crippen LogP contribution in [-0.2, 0) is 0 Å². The summed E-state index contributed by atoms with van der Waals surface area (Å²) in [6, 6.07) is 2.73. The zero-order valence-corrected chi connectivity index (χ0v) is 10.3. The minimum absolute atomic E-state index is 0.161. The van der Waals surface area contributed by atoms with Crippen LogP contribution < -0.4 is 0 Å². The Morgan fingerprint density at radius 1 is 1.36 bits per heavy atom. The SMILES string of the molecule is CC(=O)c1c(Br)ccc(C(F)F)c1Br. The molecular weight excluding hydrogens is 322 g/mol. The molecule has 0 aliphatic carbocycles. The van der Waals surface area contributed by atoms with Crippen LogP contribution >= 0.6 is 31.9 Å². The number of hydrogen-bond donors (Lipinski definition) is 0. The van der Waals surface area contributed by atoms with Gasteiger partial charge in [0.05, 0.1) is 0 Å². The van der Waals surface area contributed by atoms with Crippen LogP contribution in [0.5, 0.6) is 0 Å². The summed E-state index contributed by atoms with van der Waals surface area (Å²) in [6.07, 6.45) is -2.59. The summed E-state index contributed by atoms with van der Waals surface area (Å²) in [4.78, 5) is 11.2. The minimum atomic E-state index is -2.59. The molecule has 0 spiro atoms. The lowest BCUT2D eigenvalue weighted by Crippen LogP contribution is -1.99. The van der Waals surface area contributed by atoms with Gasteiger partial charge in [-0.15, -0.1) is 0 Å². The maximum absolute atomic E-state index is 12.4. The molecule has 0 radical (unpaired) electrons. The Morgan fingerprint density at radius 2 is 1.93 bits per heavy atom. The predicted molar refractivity (Wildman–Crippen MR) is 56.8 cm³/mol. The van der Waals surface area contributed by atoms with E-state index in [-0.39, 0.29) is 21.4 Å². The van der Waals surface area contributed by atoms with E-state index in [2.05, 4.69) is 31.9 Å². The second kappa shape index (κ2) is 4.49. The van der Waals surface area contributed by atoms with E-state index in [1.54, 1.807) is 0 Å². The summed E-state index contributed by atoms with van der Waals surface area (Å²) in [7, 11) is 0. The molecule has 14 heavy (non-hydrogen) atoms. The van der Waals surface area contributed by atoms with Gasteiger partial charge in [0.1, 0.15) is 0 Å². The lowest BCUT2D eigenvalue weighted by Gasteiger charge is -2.08. The van der Waals surface area contributed by atoms with Gasteiger partial charge in [-0.2, -0.15) is 0 Å². The van der Waals surface area contributed by atoms with Crippen LogP contribution in [0.15, 0.2) is 21.1 Å². The minimum Gasteiger partial charge on any atom is -0.294 e. The number of alkyl halides is 2. The molecule has 1 aromatic carbocycles. The number of hydrogen-bond acceptors (Lipinski definition) is 1. The molecule has 0 unspecified atom stereocenters. The predicted octanol–water partition coefficient (Wildman–Crippen LogP) is 4.35. The molecule has 76 valence electrons. The fraction of sp³-hybridized carbons (Fsp3) is 0.222. The van der Waals surface area contributed by atoms with E-state index >= 15 is 0 Å². The smallest absolute Gasteiger partial charge is 0.264 e. The van der Waals surface area contributed by atoms with Crippen LogP contribution in [-0.4, -0.2) is 5.78 Å². The lowest BCUT2D eigenvalue weighted by molar-refractivity contribution is 0.101. The zero-order chi connectivity index (χ0) is 10.9. The van der Waals surface area contributed by atoms with Crippen molar-refractivity contribution in [1.29, 1.82) is 0 Å². The van der Waals surface area contributed by atoms with Gasteiger partial charge in [-0.1, -0.05) is 22.0 Å². The Kier molecular flexibility index (Phi) is 3.78. The monoisotopic (exact) mass is 326 g/mol. The van der Waals surface area contributed by atoms with Gasteiger partial charge in [0.15, 0.2) is 5.78 Å². The van der Waals surface area contributed by atoms with Crippen LogP contribution in [0.1, 0.15) is 29.3 Å². The third-order valence-corrected chi connectivity index (χ3v) is 3.22. The highest BCUT2D eigenvalue weighted by atomic mass is 79.9. The number of ketones is 1.